The second kappa shape index (κ2) is 6.68. The maximum absolute atomic E-state index is 12.7. The Morgan fingerprint density at radius 1 is 1.15 bits per heavy atom. The molecule has 0 spiro atoms. The third kappa shape index (κ3) is 2.94. The fourth-order valence-corrected chi connectivity index (χ4v) is 4.24. The van der Waals surface area contributed by atoms with Gasteiger partial charge in [-0.05, 0) is 24.0 Å². The minimum Gasteiger partial charge on any atom is -0.548 e. The number of nitrogens with zero attached hydrogens (tertiary/aromatic N) is 3. The lowest BCUT2D eigenvalue weighted by atomic mass is 9.95. The Kier molecular flexibility index (Phi) is 4.33. The predicted octanol–water partition coefficient (Wildman–Crippen LogP) is -0.493. The molecule has 0 unspecified atom stereocenters. The molecule has 3 aliphatic heterocycles. The number of hydrogen-bond donors (Lipinski definition) is 0. The van der Waals surface area contributed by atoms with Crippen molar-refractivity contribution in [1.82, 2.24) is 14.7 Å². The molecule has 4 rings (SSSR count). The van der Waals surface area contributed by atoms with Gasteiger partial charge in [0.15, 0.2) is 0 Å². The minimum absolute atomic E-state index is 0.0316. The highest BCUT2D eigenvalue weighted by Gasteiger charge is 2.47. The summed E-state index contributed by atoms with van der Waals surface area (Å²) < 4.78 is 0. The molecule has 1 aromatic rings. The lowest BCUT2D eigenvalue weighted by Crippen LogP contribution is -2.47. The van der Waals surface area contributed by atoms with Gasteiger partial charge in [-0.1, -0.05) is 24.3 Å². The average molecular weight is 370 g/mol. The van der Waals surface area contributed by atoms with Gasteiger partial charge >= 0.3 is 6.03 Å². The van der Waals surface area contributed by atoms with Crippen molar-refractivity contribution in [3.63, 3.8) is 0 Å². The van der Waals surface area contributed by atoms with E-state index in [0.29, 0.717) is 32.4 Å². The molecule has 0 bridgehead atoms. The van der Waals surface area contributed by atoms with Crippen LogP contribution in [-0.4, -0.2) is 63.7 Å². The number of imide groups is 1. The number of carbonyl (C=O) groups is 4. The van der Waals surface area contributed by atoms with Crippen LogP contribution in [-0.2, 0) is 27.3 Å². The molecule has 2 atom stereocenters. The zero-order valence-electron chi connectivity index (χ0n) is 14.8. The van der Waals surface area contributed by atoms with Crippen LogP contribution in [0, 0.1) is 0 Å². The highest BCUT2D eigenvalue weighted by Crippen LogP contribution is 2.30. The highest BCUT2D eigenvalue weighted by atomic mass is 16.4. The van der Waals surface area contributed by atoms with Gasteiger partial charge in [0.1, 0.15) is 6.04 Å². The number of urea groups is 1. The number of carbonyl (C=O) groups excluding carboxylic acids is 4. The highest BCUT2D eigenvalue weighted by molar-refractivity contribution is 6.05. The zero-order valence-corrected chi connectivity index (χ0v) is 14.8. The summed E-state index contributed by atoms with van der Waals surface area (Å²) in [5, 5.41) is 11.1. The first-order valence-electron chi connectivity index (χ1n) is 9.16. The Bertz CT molecular complexity index is 780. The van der Waals surface area contributed by atoms with Crippen LogP contribution in [0.3, 0.4) is 0 Å². The van der Waals surface area contributed by atoms with E-state index >= 15 is 0 Å². The van der Waals surface area contributed by atoms with E-state index < -0.39 is 18.1 Å². The molecule has 0 aromatic heterocycles. The van der Waals surface area contributed by atoms with E-state index in [-0.39, 0.29) is 30.8 Å². The third-order valence-electron chi connectivity index (χ3n) is 5.67. The lowest BCUT2D eigenvalue weighted by molar-refractivity contribution is -0.310. The number of carboxylic acids is 1. The van der Waals surface area contributed by atoms with Crippen molar-refractivity contribution in [2.45, 2.75) is 44.3 Å². The smallest absolute Gasteiger partial charge is 0.327 e. The van der Waals surface area contributed by atoms with Crippen molar-refractivity contribution in [2.75, 3.05) is 13.1 Å². The van der Waals surface area contributed by atoms with Gasteiger partial charge in [-0.3, -0.25) is 14.5 Å². The normalized spacial score (nSPS) is 24.2. The molecular formula is C19H20N3O5-. The molecule has 2 saturated heterocycles. The molecule has 4 amide bonds. The van der Waals surface area contributed by atoms with Crippen LogP contribution in [0.25, 0.3) is 0 Å². The van der Waals surface area contributed by atoms with Gasteiger partial charge in [0.2, 0.25) is 5.91 Å². The Labute approximate surface area is 156 Å². The molecule has 3 aliphatic rings. The zero-order chi connectivity index (χ0) is 19.1. The number of aliphatic carboxylic acids is 1. The summed E-state index contributed by atoms with van der Waals surface area (Å²) in [5.41, 5.74) is 2.09. The number of likely N-dealkylation sites (tertiary alicyclic amines) is 1. The van der Waals surface area contributed by atoms with Crippen LogP contribution in [0.5, 0.6) is 0 Å². The van der Waals surface area contributed by atoms with Crippen molar-refractivity contribution in [2.24, 2.45) is 0 Å². The van der Waals surface area contributed by atoms with Gasteiger partial charge in [-0.25, -0.2) is 4.79 Å². The van der Waals surface area contributed by atoms with Gasteiger partial charge in [-0.2, -0.15) is 0 Å². The monoisotopic (exact) mass is 370 g/mol. The van der Waals surface area contributed by atoms with E-state index in [9.17, 15) is 24.3 Å². The first kappa shape index (κ1) is 17.5. The molecule has 8 nitrogen and oxygen atoms in total. The van der Waals surface area contributed by atoms with Gasteiger partial charge in [0, 0.05) is 32.5 Å². The molecule has 1 aromatic carbocycles. The lowest BCUT2D eigenvalue weighted by Gasteiger charge is -2.28. The topological polar surface area (TPSA) is 101 Å². The Hall–Kier alpha value is -2.90. The summed E-state index contributed by atoms with van der Waals surface area (Å²) >= 11 is 0. The minimum atomic E-state index is -1.26. The fraction of sp³-hybridized carbons (Fsp3) is 0.474. The van der Waals surface area contributed by atoms with E-state index in [2.05, 4.69) is 0 Å². The van der Waals surface area contributed by atoms with Gasteiger partial charge in [0.25, 0.3) is 5.91 Å². The summed E-state index contributed by atoms with van der Waals surface area (Å²) in [4.78, 5) is 52.8. The van der Waals surface area contributed by atoms with Crippen molar-refractivity contribution in [3.05, 3.63) is 35.4 Å². The molecule has 0 radical (unpaired) electrons. The molecule has 2 fully saturated rings. The third-order valence-corrected chi connectivity index (χ3v) is 5.67. The maximum atomic E-state index is 12.7. The number of amides is 4. The van der Waals surface area contributed by atoms with Crippen LogP contribution >= 0.6 is 0 Å². The summed E-state index contributed by atoms with van der Waals surface area (Å²) in [6.45, 7) is 0.717. The van der Waals surface area contributed by atoms with E-state index in [1.54, 1.807) is 4.90 Å². The van der Waals surface area contributed by atoms with E-state index in [0.717, 1.165) is 16.0 Å². The maximum Gasteiger partial charge on any atom is 0.327 e. The van der Waals surface area contributed by atoms with Crippen molar-refractivity contribution in [1.29, 1.82) is 0 Å². The van der Waals surface area contributed by atoms with Gasteiger partial charge < -0.3 is 19.7 Å². The Morgan fingerprint density at radius 2 is 1.89 bits per heavy atom. The SMILES string of the molecule is O=C([O-])[C@H]1CCCN1C(=O)CCN1C(=O)[C@@H]2Cc3ccccc3CN2C1=O. The van der Waals surface area contributed by atoms with Gasteiger partial charge in [-0.15, -0.1) is 0 Å². The standard InChI is InChI=1S/C19H21N3O5/c23-16(20-8-3-6-14(20)18(25)26)7-9-21-17(24)15-10-12-4-1-2-5-13(12)11-22(15)19(21)27/h1-2,4-5,14-15H,3,6-11H2,(H,25,26)/p-1/t14-,15+/m1/s1. The number of carboxylic acid groups (broad SMARTS) is 1. The fourth-order valence-electron chi connectivity index (χ4n) is 4.24. The molecular weight excluding hydrogens is 350 g/mol. The van der Waals surface area contributed by atoms with E-state index in [1.807, 2.05) is 24.3 Å². The molecule has 0 N–H and O–H groups in total. The van der Waals surface area contributed by atoms with E-state index in [1.165, 1.54) is 4.90 Å². The molecule has 142 valence electrons. The molecule has 3 heterocycles. The predicted molar refractivity (Wildman–Crippen MR) is 90.9 cm³/mol. The summed E-state index contributed by atoms with van der Waals surface area (Å²) in [7, 11) is 0. The molecule has 27 heavy (non-hydrogen) atoms. The van der Waals surface area contributed by atoms with Crippen molar-refractivity contribution in [3.8, 4) is 0 Å². The molecule has 8 heteroatoms. The summed E-state index contributed by atoms with van der Waals surface area (Å²) in [6, 6.07) is 5.91. The Morgan fingerprint density at radius 3 is 2.63 bits per heavy atom. The second-order valence-corrected chi connectivity index (χ2v) is 7.20. The number of fused-ring (bicyclic) bond motifs is 2. The van der Waals surface area contributed by atoms with Crippen LogP contribution in [0.15, 0.2) is 24.3 Å². The first-order chi connectivity index (χ1) is 13.0. The van der Waals surface area contributed by atoms with Crippen LogP contribution in [0.2, 0.25) is 0 Å². The van der Waals surface area contributed by atoms with Crippen molar-refractivity contribution >= 4 is 23.8 Å². The molecule has 0 aliphatic carbocycles. The van der Waals surface area contributed by atoms with Crippen LogP contribution in [0.4, 0.5) is 4.79 Å². The first-order valence-corrected chi connectivity index (χ1v) is 9.16. The largest absolute Gasteiger partial charge is 0.548 e. The number of hydrogen-bond acceptors (Lipinski definition) is 5. The van der Waals surface area contributed by atoms with Crippen LogP contribution in [0.1, 0.15) is 30.4 Å². The van der Waals surface area contributed by atoms with Gasteiger partial charge in [0.05, 0.1) is 12.0 Å². The average Bonchev–Trinajstić information content (AvgIpc) is 3.24. The van der Waals surface area contributed by atoms with Crippen LogP contribution < -0.4 is 5.11 Å². The summed E-state index contributed by atoms with van der Waals surface area (Å²) in [6.07, 6.45) is 1.39. The number of rotatable bonds is 4. The summed E-state index contributed by atoms with van der Waals surface area (Å²) in [5.74, 6) is -1.92. The molecule has 0 saturated carbocycles. The van der Waals surface area contributed by atoms with Crippen molar-refractivity contribution < 1.29 is 24.3 Å². The second-order valence-electron chi connectivity index (χ2n) is 7.20. The Balaban J connectivity index is 1.42. The number of benzene rings is 1. The quantitative estimate of drug-likeness (QED) is 0.666. The van der Waals surface area contributed by atoms with E-state index in [4.69, 9.17) is 0 Å².